The van der Waals surface area contributed by atoms with Crippen molar-refractivity contribution >= 4 is 38.9 Å². The fraction of sp³-hybridized carbons (Fsp3) is 0.333. The number of aryl methyl sites for hydroxylation is 2. The Kier molecular flexibility index (Phi) is 5.07. The normalized spacial score (nSPS) is 12.7. The van der Waals surface area contributed by atoms with Crippen molar-refractivity contribution in [3.05, 3.63) is 54.6 Å². The summed E-state index contributed by atoms with van der Waals surface area (Å²) in [6, 6.07) is 8.63. The van der Waals surface area contributed by atoms with Crippen LogP contribution in [0.25, 0.3) is 0 Å². The molecule has 0 saturated heterocycles. The van der Waals surface area contributed by atoms with E-state index in [1.165, 1.54) is 20.9 Å². The molecule has 2 aromatic rings. The van der Waals surface area contributed by atoms with Gasteiger partial charge < -0.3 is 5.32 Å². The van der Waals surface area contributed by atoms with E-state index >= 15 is 0 Å². The van der Waals surface area contributed by atoms with E-state index in [1.54, 1.807) is 0 Å². The predicted octanol–water partition coefficient (Wildman–Crippen LogP) is 5.48. The van der Waals surface area contributed by atoms with Crippen LogP contribution in [0.4, 0.5) is 0 Å². The molecule has 0 aliphatic heterocycles. The second-order valence-electron chi connectivity index (χ2n) is 4.53. The first-order valence-corrected chi connectivity index (χ1v) is 8.27. The van der Waals surface area contributed by atoms with Crippen molar-refractivity contribution in [1.82, 2.24) is 5.32 Å². The third kappa shape index (κ3) is 3.40. The molecule has 1 aromatic carbocycles. The highest BCUT2D eigenvalue weighted by Gasteiger charge is 2.17. The van der Waals surface area contributed by atoms with Gasteiger partial charge in [0.25, 0.3) is 0 Å². The van der Waals surface area contributed by atoms with Crippen LogP contribution >= 0.6 is 38.9 Å². The zero-order chi connectivity index (χ0) is 14.0. The molecule has 0 amide bonds. The minimum absolute atomic E-state index is 0.225. The van der Waals surface area contributed by atoms with E-state index in [4.69, 9.17) is 11.6 Å². The van der Waals surface area contributed by atoms with E-state index in [9.17, 15) is 0 Å². The van der Waals surface area contributed by atoms with Crippen molar-refractivity contribution in [2.24, 2.45) is 0 Å². The van der Waals surface area contributed by atoms with Gasteiger partial charge in [0.05, 0.1) is 11.1 Å². The lowest BCUT2D eigenvalue weighted by molar-refractivity contribution is 0.629. The first kappa shape index (κ1) is 15.0. The molecule has 102 valence electrons. The molecule has 4 heteroatoms. The van der Waals surface area contributed by atoms with Crippen molar-refractivity contribution in [2.75, 3.05) is 6.54 Å². The fourth-order valence-electron chi connectivity index (χ4n) is 2.24. The Morgan fingerprint density at radius 2 is 2.05 bits per heavy atom. The summed E-state index contributed by atoms with van der Waals surface area (Å²) in [6.45, 7) is 7.40. The summed E-state index contributed by atoms with van der Waals surface area (Å²) in [5.74, 6) is 0. The first-order chi connectivity index (χ1) is 9.02. The molecule has 1 unspecified atom stereocenters. The van der Waals surface area contributed by atoms with Crippen LogP contribution in [0.2, 0.25) is 5.02 Å². The number of rotatable bonds is 4. The lowest BCUT2D eigenvalue weighted by Crippen LogP contribution is -2.22. The van der Waals surface area contributed by atoms with Gasteiger partial charge in [0.2, 0.25) is 0 Å². The number of benzene rings is 1. The maximum absolute atomic E-state index is 6.08. The molecule has 1 atom stereocenters. The van der Waals surface area contributed by atoms with Gasteiger partial charge in [-0.05, 0) is 65.6 Å². The molecule has 1 heterocycles. The molecule has 1 nitrogen and oxygen atoms in total. The van der Waals surface area contributed by atoms with Gasteiger partial charge in [-0.15, -0.1) is 11.3 Å². The van der Waals surface area contributed by atoms with Crippen molar-refractivity contribution in [3.63, 3.8) is 0 Å². The molecule has 2 rings (SSSR count). The summed E-state index contributed by atoms with van der Waals surface area (Å²) in [7, 11) is 0. The Labute approximate surface area is 132 Å². The first-order valence-electron chi connectivity index (χ1n) is 6.28. The molecular formula is C15H17BrClNS. The summed E-state index contributed by atoms with van der Waals surface area (Å²) in [5.41, 5.74) is 2.59. The smallest absolute Gasteiger partial charge is 0.0588 e. The lowest BCUT2D eigenvalue weighted by Gasteiger charge is -2.19. The van der Waals surface area contributed by atoms with Gasteiger partial charge in [-0.3, -0.25) is 0 Å². The number of halogens is 2. The molecule has 1 aromatic heterocycles. The predicted molar refractivity (Wildman–Crippen MR) is 88.5 cm³/mol. The second kappa shape index (κ2) is 6.40. The molecule has 1 N–H and O–H groups in total. The lowest BCUT2D eigenvalue weighted by atomic mass is 9.99. The van der Waals surface area contributed by atoms with Gasteiger partial charge in [0.1, 0.15) is 0 Å². The Bertz CT molecular complexity index is 580. The van der Waals surface area contributed by atoms with Gasteiger partial charge in [-0.2, -0.15) is 0 Å². The van der Waals surface area contributed by atoms with Crippen LogP contribution in [0, 0.1) is 13.8 Å². The largest absolute Gasteiger partial charge is 0.306 e. The number of nitrogens with one attached hydrogen (secondary N) is 1. The van der Waals surface area contributed by atoms with Crippen LogP contribution in [-0.2, 0) is 0 Å². The molecule has 0 saturated carbocycles. The van der Waals surface area contributed by atoms with Crippen LogP contribution in [-0.4, -0.2) is 6.54 Å². The molecule has 0 bridgehead atoms. The second-order valence-corrected chi connectivity index (χ2v) is 7.25. The zero-order valence-electron chi connectivity index (χ0n) is 11.3. The van der Waals surface area contributed by atoms with Crippen LogP contribution in [0.3, 0.4) is 0 Å². The summed E-state index contributed by atoms with van der Waals surface area (Å²) in [4.78, 5) is 2.72. The van der Waals surface area contributed by atoms with E-state index in [-0.39, 0.29) is 6.04 Å². The number of thiophene rings is 1. The van der Waals surface area contributed by atoms with Gasteiger partial charge in [0, 0.05) is 14.2 Å². The van der Waals surface area contributed by atoms with Gasteiger partial charge in [-0.1, -0.05) is 24.6 Å². The monoisotopic (exact) mass is 357 g/mol. The Balaban J connectivity index is 2.44. The molecule has 0 aliphatic carbocycles. The van der Waals surface area contributed by atoms with Crippen molar-refractivity contribution in [3.8, 4) is 0 Å². The van der Waals surface area contributed by atoms with E-state index in [2.05, 4.69) is 60.2 Å². The Hall–Kier alpha value is -0.350. The van der Waals surface area contributed by atoms with Crippen LogP contribution < -0.4 is 5.32 Å². The highest BCUT2D eigenvalue weighted by molar-refractivity contribution is 9.10. The van der Waals surface area contributed by atoms with E-state index in [1.807, 2.05) is 17.4 Å². The quantitative estimate of drug-likeness (QED) is 0.763. The molecule has 19 heavy (non-hydrogen) atoms. The Morgan fingerprint density at radius 3 is 2.58 bits per heavy atom. The molecule has 0 aliphatic rings. The van der Waals surface area contributed by atoms with Crippen molar-refractivity contribution in [2.45, 2.75) is 26.8 Å². The van der Waals surface area contributed by atoms with Crippen molar-refractivity contribution < 1.29 is 0 Å². The van der Waals surface area contributed by atoms with Gasteiger partial charge in [-0.25, -0.2) is 0 Å². The van der Waals surface area contributed by atoms with E-state index in [0.717, 1.165) is 16.0 Å². The van der Waals surface area contributed by atoms with Crippen LogP contribution in [0.1, 0.15) is 33.8 Å². The standard InChI is InChI=1S/C15H17BrClNS/c1-4-18-15(12-7-9(2)19-10(12)3)11-5-6-14(17)13(16)8-11/h5-8,15,18H,4H2,1-3H3. The van der Waals surface area contributed by atoms with Gasteiger partial charge in [0.15, 0.2) is 0 Å². The minimum atomic E-state index is 0.225. The molecule has 0 spiro atoms. The van der Waals surface area contributed by atoms with Crippen LogP contribution in [0.15, 0.2) is 28.7 Å². The van der Waals surface area contributed by atoms with Crippen molar-refractivity contribution in [1.29, 1.82) is 0 Å². The number of hydrogen-bond donors (Lipinski definition) is 1. The third-order valence-electron chi connectivity index (χ3n) is 3.08. The summed E-state index contributed by atoms with van der Waals surface area (Å²) in [6.07, 6.45) is 0. The summed E-state index contributed by atoms with van der Waals surface area (Å²) < 4.78 is 0.944. The highest BCUT2D eigenvalue weighted by atomic mass is 79.9. The summed E-state index contributed by atoms with van der Waals surface area (Å²) in [5, 5.41) is 4.31. The highest BCUT2D eigenvalue weighted by Crippen LogP contribution is 2.33. The topological polar surface area (TPSA) is 12.0 Å². The maximum atomic E-state index is 6.08. The molecular weight excluding hydrogens is 342 g/mol. The average Bonchev–Trinajstić information content (AvgIpc) is 2.69. The minimum Gasteiger partial charge on any atom is -0.306 e. The summed E-state index contributed by atoms with van der Waals surface area (Å²) >= 11 is 11.4. The van der Waals surface area contributed by atoms with Crippen LogP contribution in [0.5, 0.6) is 0 Å². The molecule has 0 radical (unpaired) electrons. The SMILES string of the molecule is CCNC(c1ccc(Cl)c(Br)c1)c1cc(C)sc1C. The van der Waals surface area contributed by atoms with E-state index in [0.29, 0.717) is 0 Å². The number of hydrogen-bond acceptors (Lipinski definition) is 2. The third-order valence-corrected chi connectivity index (χ3v) is 5.27. The maximum Gasteiger partial charge on any atom is 0.0588 e. The molecule has 0 fully saturated rings. The Morgan fingerprint density at radius 1 is 1.32 bits per heavy atom. The average molecular weight is 359 g/mol. The zero-order valence-corrected chi connectivity index (χ0v) is 14.4. The van der Waals surface area contributed by atoms with Gasteiger partial charge >= 0.3 is 0 Å². The fourth-order valence-corrected chi connectivity index (χ4v) is 3.72. The van der Waals surface area contributed by atoms with E-state index < -0.39 is 0 Å².